The summed E-state index contributed by atoms with van der Waals surface area (Å²) in [4.78, 5) is 17.5. The van der Waals surface area contributed by atoms with E-state index < -0.39 is 5.97 Å². The van der Waals surface area contributed by atoms with Crippen LogP contribution in [0.4, 0.5) is 0 Å². The Bertz CT molecular complexity index is 414. The highest BCUT2D eigenvalue weighted by atomic mass is 16.4. The van der Waals surface area contributed by atoms with Gasteiger partial charge in [-0.15, -0.1) is 0 Å². The minimum Gasteiger partial charge on any atom is -0.477 e. The highest BCUT2D eigenvalue weighted by Crippen LogP contribution is 2.24. The fourth-order valence-corrected chi connectivity index (χ4v) is 2.66. The third-order valence-corrected chi connectivity index (χ3v) is 3.64. The van der Waals surface area contributed by atoms with Gasteiger partial charge in [-0.25, -0.2) is 9.78 Å². The van der Waals surface area contributed by atoms with E-state index in [1.165, 1.54) is 31.7 Å². The summed E-state index contributed by atoms with van der Waals surface area (Å²) < 4.78 is 0. The molecule has 1 heterocycles. The molecule has 0 atom stereocenters. The molecular weight excluding hydrogens is 228 g/mol. The van der Waals surface area contributed by atoms with Crippen molar-refractivity contribution in [1.29, 1.82) is 0 Å². The Labute approximate surface area is 108 Å². The molecule has 1 saturated carbocycles. The Kier molecular flexibility index (Phi) is 4.31. The molecule has 1 aliphatic rings. The molecule has 0 spiro atoms. The monoisotopic (exact) mass is 248 g/mol. The molecule has 18 heavy (non-hydrogen) atoms. The van der Waals surface area contributed by atoms with Gasteiger partial charge >= 0.3 is 5.97 Å². The van der Waals surface area contributed by atoms with E-state index in [1.54, 1.807) is 6.07 Å². The number of aromatic carboxylic acids is 1. The topological polar surface area (TPSA) is 53.4 Å². The third kappa shape index (κ3) is 3.07. The molecule has 1 fully saturated rings. The second kappa shape index (κ2) is 5.96. The van der Waals surface area contributed by atoms with Crippen LogP contribution in [0.1, 0.15) is 48.8 Å². The molecule has 98 valence electrons. The lowest BCUT2D eigenvalue weighted by Crippen LogP contribution is -2.32. The van der Waals surface area contributed by atoms with E-state index in [9.17, 15) is 4.79 Å². The van der Waals surface area contributed by atoms with Crippen LogP contribution < -0.4 is 0 Å². The van der Waals surface area contributed by atoms with Gasteiger partial charge in [-0.1, -0.05) is 25.8 Å². The fraction of sp³-hybridized carbons (Fsp3) is 0.571. The van der Waals surface area contributed by atoms with Gasteiger partial charge in [0.1, 0.15) is 5.69 Å². The fourth-order valence-electron chi connectivity index (χ4n) is 2.66. The molecule has 4 heteroatoms. The van der Waals surface area contributed by atoms with Gasteiger partial charge in [0.2, 0.25) is 0 Å². The van der Waals surface area contributed by atoms with E-state index in [-0.39, 0.29) is 5.69 Å². The highest BCUT2D eigenvalue weighted by Gasteiger charge is 2.21. The van der Waals surface area contributed by atoms with Crippen molar-refractivity contribution in [3.63, 3.8) is 0 Å². The van der Waals surface area contributed by atoms with Crippen molar-refractivity contribution in [2.45, 2.75) is 45.2 Å². The SMILES string of the molecule is CCN(Cc1cccc(C(=O)O)n1)C1CCCC1. The van der Waals surface area contributed by atoms with E-state index in [1.807, 2.05) is 6.07 Å². The largest absolute Gasteiger partial charge is 0.477 e. The number of nitrogens with zero attached hydrogens (tertiary/aromatic N) is 2. The first-order chi connectivity index (χ1) is 8.70. The third-order valence-electron chi connectivity index (χ3n) is 3.64. The maximum atomic E-state index is 10.9. The second-order valence-electron chi connectivity index (χ2n) is 4.82. The molecule has 0 amide bonds. The van der Waals surface area contributed by atoms with Gasteiger partial charge in [0.15, 0.2) is 0 Å². The Balaban J connectivity index is 2.06. The Morgan fingerprint density at radius 3 is 2.78 bits per heavy atom. The summed E-state index contributed by atoms with van der Waals surface area (Å²) in [7, 11) is 0. The van der Waals surface area contributed by atoms with Crippen molar-refractivity contribution in [2.75, 3.05) is 6.54 Å². The lowest BCUT2D eigenvalue weighted by atomic mass is 10.2. The van der Waals surface area contributed by atoms with Gasteiger partial charge in [0.25, 0.3) is 0 Å². The van der Waals surface area contributed by atoms with Crippen molar-refractivity contribution in [2.24, 2.45) is 0 Å². The first-order valence-corrected chi connectivity index (χ1v) is 6.64. The zero-order valence-corrected chi connectivity index (χ0v) is 10.8. The van der Waals surface area contributed by atoms with Crippen LogP contribution in [0, 0.1) is 0 Å². The summed E-state index contributed by atoms with van der Waals surface area (Å²) in [6, 6.07) is 5.86. The number of hydrogen-bond acceptors (Lipinski definition) is 3. The van der Waals surface area contributed by atoms with Crippen molar-refractivity contribution in [1.82, 2.24) is 9.88 Å². The number of carboxylic acids is 1. The van der Waals surface area contributed by atoms with Crippen molar-refractivity contribution in [3.8, 4) is 0 Å². The van der Waals surface area contributed by atoms with Crippen LogP contribution in [0.3, 0.4) is 0 Å². The maximum Gasteiger partial charge on any atom is 0.354 e. The number of carboxylic acid groups (broad SMARTS) is 1. The highest BCUT2D eigenvalue weighted by molar-refractivity contribution is 5.85. The van der Waals surface area contributed by atoms with Crippen LogP contribution in [-0.2, 0) is 6.54 Å². The van der Waals surface area contributed by atoms with Crippen LogP contribution in [0.5, 0.6) is 0 Å². The van der Waals surface area contributed by atoms with E-state index >= 15 is 0 Å². The zero-order valence-electron chi connectivity index (χ0n) is 10.8. The molecule has 4 nitrogen and oxygen atoms in total. The van der Waals surface area contributed by atoms with Crippen molar-refractivity contribution in [3.05, 3.63) is 29.6 Å². The molecule has 1 N–H and O–H groups in total. The average Bonchev–Trinajstić information content (AvgIpc) is 2.90. The van der Waals surface area contributed by atoms with Gasteiger partial charge in [-0.2, -0.15) is 0 Å². The van der Waals surface area contributed by atoms with Crippen molar-refractivity contribution >= 4 is 5.97 Å². The van der Waals surface area contributed by atoms with Gasteiger partial charge in [-0.3, -0.25) is 4.90 Å². The lowest BCUT2D eigenvalue weighted by molar-refractivity contribution is 0.0689. The van der Waals surface area contributed by atoms with Crippen LogP contribution in [-0.4, -0.2) is 33.5 Å². The first-order valence-electron chi connectivity index (χ1n) is 6.64. The predicted octanol–water partition coefficient (Wildman–Crippen LogP) is 2.54. The van der Waals surface area contributed by atoms with Crippen LogP contribution in [0.2, 0.25) is 0 Å². The van der Waals surface area contributed by atoms with Crippen LogP contribution >= 0.6 is 0 Å². The summed E-state index contributed by atoms with van der Waals surface area (Å²) in [5.74, 6) is -0.958. The number of carbonyl (C=O) groups is 1. The molecule has 0 radical (unpaired) electrons. The first kappa shape index (κ1) is 13.0. The quantitative estimate of drug-likeness (QED) is 0.870. The smallest absolute Gasteiger partial charge is 0.354 e. The van der Waals surface area contributed by atoms with Crippen LogP contribution in [0.15, 0.2) is 18.2 Å². The number of aromatic nitrogens is 1. The standard InChI is InChI=1S/C14H20N2O2/c1-2-16(12-7-3-4-8-12)10-11-6-5-9-13(15-11)14(17)18/h5-6,9,12H,2-4,7-8,10H2,1H3,(H,17,18). The summed E-state index contributed by atoms with van der Waals surface area (Å²) in [6.45, 7) is 3.89. The maximum absolute atomic E-state index is 10.9. The number of rotatable bonds is 5. The van der Waals surface area contributed by atoms with Gasteiger partial charge in [0, 0.05) is 12.6 Å². The molecule has 1 aromatic heterocycles. The summed E-state index contributed by atoms with van der Waals surface area (Å²) in [5, 5.41) is 8.94. The molecule has 0 unspecified atom stereocenters. The summed E-state index contributed by atoms with van der Waals surface area (Å²) >= 11 is 0. The van der Waals surface area contributed by atoms with E-state index in [0.29, 0.717) is 6.04 Å². The van der Waals surface area contributed by atoms with E-state index in [0.717, 1.165) is 18.8 Å². The zero-order chi connectivity index (χ0) is 13.0. The molecule has 0 saturated heterocycles. The Hall–Kier alpha value is -1.42. The van der Waals surface area contributed by atoms with Gasteiger partial charge in [-0.05, 0) is 31.5 Å². The van der Waals surface area contributed by atoms with E-state index in [2.05, 4.69) is 16.8 Å². The molecule has 0 aliphatic heterocycles. The van der Waals surface area contributed by atoms with Gasteiger partial charge < -0.3 is 5.11 Å². The van der Waals surface area contributed by atoms with E-state index in [4.69, 9.17) is 5.11 Å². The number of hydrogen-bond donors (Lipinski definition) is 1. The minimum atomic E-state index is -0.958. The molecule has 2 rings (SSSR count). The van der Waals surface area contributed by atoms with Crippen LogP contribution in [0.25, 0.3) is 0 Å². The molecule has 1 aromatic rings. The molecular formula is C14H20N2O2. The average molecular weight is 248 g/mol. The number of pyridine rings is 1. The molecule has 0 aromatic carbocycles. The van der Waals surface area contributed by atoms with Crippen molar-refractivity contribution < 1.29 is 9.90 Å². The summed E-state index contributed by atoms with van der Waals surface area (Å²) in [5.41, 5.74) is 0.985. The van der Waals surface area contributed by atoms with Gasteiger partial charge in [0.05, 0.1) is 5.69 Å². The Morgan fingerprint density at radius 2 is 2.17 bits per heavy atom. The predicted molar refractivity (Wildman–Crippen MR) is 69.5 cm³/mol. The molecule has 1 aliphatic carbocycles. The second-order valence-corrected chi connectivity index (χ2v) is 4.82. The Morgan fingerprint density at radius 1 is 1.44 bits per heavy atom. The lowest BCUT2D eigenvalue weighted by Gasteiger charge is -2.26. The normalized spacial score (nSPS) is 16.3. The summed E-state index contributed by atoms with van der Waals surface area (Å²) in [6.07, 6.45) is 5.13. The molecule has 0 bridgehead atoms. The minimum absolute atomic E-state index is 0.134.